The Morgan fingerprint density at radius 3 is 2.41 bits per heavy atom. The molecule has 0 saturated carbocycles. The van der Waals surface area contributed by atoms with Crippen molar-refractivity contribution in [3.63, 3.8) is 0 Å². The average molecular weight is 360 g/mol. The molecule has 1 aromatic carbocycles. The highest BCUT2D eigenvalue weighted by Gasteiger charge is 2.20. The van der Waals surface area contributed by atoms with Gasteiger partial charge in [0.25, 0.3) is 5.56 Å². The zero-order valence-electron chi connectivity index (χ0n) is 15.4. The standard InChI is InChI=1S/C22H24N4O/c27-22-7-6-21(20-8-12-23-13-9-20)24-26(22)17-19-10-14-25(15-11-19)16-18-4-2-1-3-5-18/h1-9,12-13,19H,10-11,14-17H2. The molecule has 1 aliphatic rings. The van der Waals surface area contributed by atoms with Gasteiger partial charge in [-0.25, -0.2) is 4.68 Å². The van der Waals surface area contributed by atoms with E-state index in [4.69, 9.17) is 0 Å². The lowest BCUT2D eigenvalue weighted by atomic mass is 9.96. The van der Waals surface area contributed by atoms with Crippen molar-refractivity contribution >= 4 is 0 Å². The third-order valence-corrected chi connectivity index (χ3v) is 5.23. The Balaban J connectivity index is 1.38. The van der Waals surface area contributed by atoms with Crippen molar-refractivity contribution in [2.45, 2.75) is 25.9 Å². The molecule has 0 unspecified atom stereocenters. The SMILES string of the molecule is O=c1ccc(-c2ccncc2)nn1CC1CCN(Cc2ccccc2)CC1. The fraction of sp³-hybridized carbons (Fsp3) is 0.318. The first kappa shape index (κ1) is 17.6. The van der Waals surface area contributed by atoms with Crippen molar-refractivity contribution in [2.75, 3.05) is 13.1 Å². The normalized spacial score (nSPS) is 15.7. The Morgan fingerprint density at radius 2 is 1.67 bits per heavy atom. The highest BCUT2D eigenvalue weighted by Crippen LogP contribution is 2.21. The quantitative estimate of drug-likeness (QED) is 0.701. The van der Waals surface area contributed by atoms with E-state index in [0.29, 0.717) is 12.5 Å². The molecule has 0 atom stereocenters. The zero-order valence-corrected chi connectivity index (χ0v) is 15.4. The van der Waals surface area contributed by atoms with E-state index in [-0.39, 0.29) is 5.56 Å². The molecule has 1 aliphatic heterocycles. The molecule has 0 bridgehead atoms. The zero-order chi connectivity index (χ0) is 18.5. The van der Waals surface area contributed by atoms with Crippen LogP contribution in [-0.2, 0) is 13.1 Å². The largest absolute Gasteiger partial charge is 0.299 e. The van der Waals surface area contributed by atoms with Gasteiger partial charge in [0, 0.05) is 37.1 Å². The molecule has 0 spiro atoms. The summed E-state index contributed by atoms with van der Waals surface area (Å²) in [6.45, 7) is 3.83. The fourth-order valence-corrected chi connectivity index (χ4v) is 3.67. The van der Waals surface area contributed by atoms with Crippen LogP contribution in [0.3, 0.4) is 0 Å². The summed E-state index contributed by atoms with van der Waals surface area (Å²) < 4.78 is 1.63. The molecular formula is C22H24N4O. The number of aromatic nitrogens is 3. The van der Waals surface area contributed by atoms with Crippen LogP contribution in [0.15, 0.2) is 71.8 Å². The predicted octanol–water partition coefficient (Wildman–Crippen LogP) is 3.22. The Morgan fingerprint density at radius 1 is 0.926 bits per heavy atom. The molecule has 3 aromatic rings. The number of hydrogen-bond donors (Lipinski definition) is 0. The van der Waals surface area contributed by atoms with E-state index in [1.54, 1.807) is 29.2 Å². The second-order valence-electron chi connectivity index (χ2n) is 7.18. The first-order chi connectivity index (χ1) is 13.3. The summed E-state index contributed by atoms with van der Waals surface area (Å²) in [6.07, 6.45) is 5.69. The van der Waals surface area contributed by atoms with Crippen LogP contribution in [-0.4, -0.2) is 32.8 Å². The van der Waals surface area contributed by atoms with E-state index in [0.717, 1.165) is 43.7 Å². The summed E-state index contributed by atoms with van der Waals surface area (Å²) in [4.78, 5) is 18.8. The number of benzene rings is 1. The lowest BCUT2D eigenvalue weighted by molar-refractivity contribution is 0.163. The molecule has 1 saturated heterocycles. The summed E-state index contributed by atoms with van der Waals surface area (Å²) in [6, 6.07) is 17.8. The van der Waals surface area contributed by atoms with Crippen LogP contribution in [0.25, 0.3) is 11.3 Å². The first-order valence-corrected chi connectivity index (χ1v) is 9.53. The summed E-state index contributed by atoms with van der Waals surface area (Å²) in [7, 11) is 0. The van der Waals surface area contributed by atoms with E-state index in [9.17, 15) is 4.79 Å². The fourth-order valence-electron chi connectivity index (χ4n) is 3.67. The maximum Gasteiger partial charge on any atom is 0.266 e. The molecular weight excluding hydrogens is 336 g/mol. The van der Waals surface area contributed by atoms with Gasteiger partial charge in [-0.3, -0.25) is 14.7 Å². The van der Waals surface area contributed by atoms with Gasteiger partial charge < -0.3 is 0 Å². The Bertz CT molecular complexity index is 916. The summed E-state index contributed by atoms with van der Waals surface area (Å²) >= 11 is 0. The van der Waals surface area contributed by atoms with E-state index < -0.39 is 0 Å². The van der Waals surface area contributed by atoms with E-state index in [2.05, 4.69) is 45.3 Å². The minimum Gasteiger partial charge on any atom is -0.299 e. The monoisotopic (exact) mass is 360 g/mol. The van der Waals surface area contributed by atoms with Gasteiger partial charge >= 0.3 is 0 Å². The van der Waals surface area contributed by atoms with Crippen LogP contribution in [0, 0.1) is 5.92 Å². The molecule has 2 aromatic heterocycles. The lowest BCUT2D eigenvalue weighted by Crippen LogP contribution is -2.36. The maximum absolute atomic E-state index is 12.3. The van der Waals surface area contributed by atoms with Crippen LogP contribution >= 0.6 is 0 Å². The Labute approximate surface area is 159 Å². The Kier molecular flexibility index (Phi) is 5.39. The topological polar surface area (TPSA) is 51.0 Å². The third kappa shape index (κ3) is 4.49. The molecule has 138 valence electrons. The molecule has 0 aliphatic carbocycles. The highest BCUT2D eigenvalue weighted by atomic mass is 16.1. The van der Waals surface area contributed by atoms with Crippen molar-refractivity contribution in [3.05, 3.63) is 82.9 Å². The van der Waals surface area contributed by atoms with Gasteiger partial charge in [-0.05, 0) is 55.6 Å². The van der Waals surface area contributed by atoms with Crippen LogP contribution in [0.4, 0.5) is 0 Å². The van der Waals surface area contributed by atoms with Gasteiger partial charge in [0.05, 0.1) is 5.69 Å². The molecule has 4 rings (SSSR count). The van der Waals surface area contributed by atoms with E-state index in [1.165, 1.54) is 5.56 Å². The van der Waals surface area contributed by atoms with Gasteiger partial charge in [-0.1, -0.05) is 30.3 Å². The minimum absolute atomic E-state index is 0.0282. The predicted molar refractivity (Wildman–Crippen MR) is 106 cm³/mol. The number of rotatable bonds is 5. The molecule has 5 nitrogen and oxygen atoms in total. The van der Waals surface area contributed by atoms with Crippen LogP contribution in [0.5, 0.6) is 0 Å². The average Bonchev–Trinajstić information content (AvgIpc) is 2.72. The van der Waals surface area contributed by atoms with Gasteiger partial charge in [-0.15, -0.1) is 0 Å². The van der Waals surface area contributed by atoms with Crippen LogP contribution < -0.4 is 5.56 Å². The third-order valence-electron chi connectivity index (χ3n) is 5.23. The van der Waals surface area contributed by atoms with E-state index in [1.807, 2.05) is 12.1 Å². The highest BCUT2D eigenvalue weighted by molar-refractivity contribution is 5.56. The van der Waals surface area contributed by atoms with Crippen LogP contribution in [0.2, 0.25) is 0 Å². The molecule has 5 heteroatoms. The van der Waals surface area contributed by atoms with Gasteiger partial charge in [-0.2, -0.15) is 5.10 Å². The smallest absolute Gasteiger partial charge is 0.266 e. The molecule has 3 heterocycles. The number of nitrogens with zero attached hydrogens (tertiary/aromatic N) is 4. The van der Waals surface area contributed by atoms with Crippen molar-refractivity contribution in [1.82, 2.24) is 19.7 Å². The maximum atomic E-state index is 12.3. The molecule has 0 N–H and O–H groups in total. The number of likely N-dealkylation sites (tertiary alicyclic amines) is 1. The van der Waals surface area contributed by atoms with Crippen molar-refractivity contribution in [1.29, 1.82) is 0 Å². The summed E-state index contributed by atoms with van der Waals surface area (Å²) in [5.41, 5.74) is 3.13. The van der Waals surface area contributed by atoms with Gasteiger partial charge in [0.15, 0.2) is 0 Å². The minimum atomic E-state index is -0.0282. The molecule has 27 heavy (non-hydrogen) atoms. The van der Waals surface area contributed by atoms with Crippen LogP contribution in [0.1, 0.15) is 18.4 Å². The first-order valence-electron chi connectivity index (χ1n) is 9.53. The van der Waals surface area contributed by atoms with Crippen molar-refractivity contribution < 1.29 is 0 Å². The van der Waals surface area contributed by atoms with E-state index >= 15 is 0 Å². The van der Waals surface area contributed by atoms with Crippen molar-refractivity contribution in [2.24, 2.45) is 5.92 Å². The second-order valence-corrected chi connectivity index (χ2v) is 7.18. The molecule has 0 radical (unpaired) electrons. The summed E-state index contributed by atoms with van der Waals surface area (Å²) in [5.74, 6) is 0.495. The van der Waals surface area contributed by atoms with Gasteiger partial charge in [0.2, 0.25) is 0 Å². The second kappa shape index (κ2) is 8.27. The number of hydrogen-bond acceptors (Lipinski definition) is 4. The molecule has 1 fully saturated rings. The van der Waals surface area contributed by atoms with Gasteiger partial charge in [0.1, 0.15) is 0 Å². The Hall–Kier alpha value is -2.79. The number of piperidine rings is 1. The van der Waals surface area contributed by atoms with Crippen molar-refractivity contribution in [3.8, 4) is 11.3 Å². The molecule has 0 amide bonds. The summed E-state index contributed by atoms with van der Waals surface area (Å²) in [5, 5.41) is 4.59. The number of pyridine rings is 1. The lowest BCUT2D eigenvalue weighted by Gasteiger charge is -2.32.